The van der Waals surface area contributed by atoms with Crippen LogP contribution in [0.4, 0.5) is 4.39 Å². The van der Waals surface area contributed by atoms with E-state index in [0.29, 0.717) is 29.7 Å². The first-order valence-electron chi connectivity index (χ1n) is 7.12. The van der Waals surface area contributed by atoms with Gasteiger partial charge in [-0.2, -0.15) is 0 Å². The lowest BCUT2D eigenvalue weighted by Gasteiger charge is -2.11. The zero-order valence-electron chi connectivity index (χ0n) is 13.2. The van der Waals surface area contributed by atoms with Crippen LogP contribution in [0.15, 0.2) is 29.4 Å². The van der Waals surface area contributed by atoms with Crippen LogP contribution in [0.2, 0.25) is 0 Å². The number of aromatic nitrogens is 3. The number of halogens is 1. The van der Waals surface area contributed by atoms with Gasteiger partial charge in [-0.15, -0.1) is 10.2 Å². The second kappa shape index (κ2) is 8.07. The van der Waals surface area contributed by atoms with E-state index in [1.165, 1.54) is 17.8 Å². The molecule has 23 heavy (non-hydrogen) atoms. The summed E-state index contributed by atoms with van der Waals surface area (Å²) in [6, 6.07) is 6.39. The van der Waals surface area contributed by atoms with Gasteiger partial charge in [-0.3, -0.25) is 4.79 Å². The summed E-state index contributed by atoms with van der Waals surface area (Å²) >= 11 is 1.27. The van der Waals surface area contributed by atoms with Gasteiger partial charge in [0.25, 0.3) is 0 Å². The third-order valence-corrected chi connectivity index (χ3v) is 4.34. The van der Waals surface area contributed by atoms with E-state index < -0.39 is 0 Å². The first-order chi connectivity index (χ1) is 11.0. The first kappa shape index (κ1) is 17.4. The van der Waals surface area contributed by atoms with E-state index in [1.807, 2.05) is 0 Å². The third-order valence-electron chi connectivity index (χ3n) is 3.21. The predicted octanol–water partition coefficient (Wildman–Crippen LogP) is 1.86. The maximum Gasteiger partial charge on any atom is 0.233 e. The van der Waals surface area contributed by atoms with Crippen molar-refractivity contribution in [3.8, 4) is 11.4 Å². The van der Waals surface area contributed by atoms with E-state index in [2.05, 4.69) is 15.5 Å². The van der Waals surface area contributed by atoms with Crippen LogP contribution in [0.3, 0.4) is 0 Å². The van der Waals surface area contributed by atoms with Gasteiger partial charge in [-0.1, -0.05) is 23.9 Å². The minimum Gasteiger partial charge on any atom is -0.383 e. The van der Waals surface area contributed by atoms with Gasteiger partial charge in [-0.25, -0.2) is 4.39 Å². The van der Waals surface area contributed by atoms with E-state index in [-0.39, 0.29) is 17.0 Å². The number of carbonyl (C=O) groups is 1. The van der Waals surface area contributed by atoms with Crippen LogP contribution in [0.1, 0.15) is 6.92 Å². The molecule has 0 fully saturated rings. The molecule has 1 aromatic carbocycles. The van der Waals surface area contributed by atoms with Crippen molar-refractivity contribution >= 4 is 17.7 Å². The van der Waals surface area contributed by atoms with Crippen molar-refractivity contribution in [2.75, 3.05) is 20.3 Å². The number of thioether (sulfide) groups is 1. The Balaban J connectivity index is 2.08. The Bertz CT molecular complexity index is 677. The summed E-state index contributed by atoms with van der Waals surface area (Å²) < 4.78 is 20.4. The average molecular weight is 338 g/mol. The molecule has 0 radical (unpaired) electrons. The monoisotopic (exact) mass is 338 g/mol. The van der Waals surface area contributed by atoms with E-state index in [0.717, 1.165) is 0 Å². The molecule has 0 aliphatic heterocycles. The summed E-state index contributed by atoms with van der Waals surface area (Å²) in [4.78, 5) is 12.0. The highest BCUT2D eigenvalue weighted by molar-refractivity contribution is 8.00. The summed E-state index contributed by atoms with van der Waals surface area (Å²) in [5.74, 6) is -0.0370. The summed E-state index contributed by atoms with van der Waals surface area (Å²) in [6.45, 7) is 2.70. The van der Waals surface area contributed by atoms with Gasteiger partial charge in [0, 0.05) is 20.7 Å². The van der Waals surface area contributed by atoms with E-state index >= 15 is 0 Å². The second-order valence-corrected chi connectivity index (χ2v) is 6.20. The third kappa shape index (κ3) is 4.29. The molecule has 0 bridgehead atoms. The minimum absolute atomic E-state index is 0.109. The Labute approximate surface area is 138 Å². The molecule has 124 valence electrons. The zero-order valence-corrected chi connectivity index (χ0v) is 14.1. The Kier molecular flexibility index (Phi) is 6.12. The van der Waals surface area contributed by atoms with Crippen molar-refractivity contribution in [1.82, 2.24) is 20.1 Å². The lowest BCUT2D eigenvalue weighted by atomic mass is 10.2. The molecule has 1 heterocycles. The van der Waals surface area contributed by atoms with E-state index in [4.69, 9.17) is 4.74 Å². The molecule has 6 nitrogen and oxygen atoms in total. The molecule has 1 N–H and O–H groups in total. The molecule has 0 spiro atoms. The van der Waals surface area contributed by atoms with Crippen molar-refractivity contribution in [3.63, 3.8) is 0 Å². The molecule has 0 unspecified atom stereocenters. The summed E-state index contributed by atoms with van der Waals surface area (Å²) in [7, 11) is 3.33. The van der Waals surface area contributed by atoms with Crippen LogP contribution < -0.4 is 5.32 Å². The maximum atomic E-state index is 13.9. The second-order valence-electron chi connectivity index (χ2n) is 4.89. The quantitative estimate of drug-likeness (QED) is 0.616. The number of carbonyl (C=O) groups excluding carboxylic acids is 1. The normalized spacial score (nSPS) is 12.2. The van der Waals surface area contributed by atoms with Crippen LogP contribution in [-0.2, 0) is 16.6 Å². The van der Waals surface area contributed by atoms with Gasteiger partial charge in [0.1, 0.15) is 5.82 Å². The van der Waals surface area contributed by atoms with Crippen LogP contribution in [-0.4, -0.2) is 46.2 Å². The van der Waals surface area contributed by atoms with Gasteiger partial charge in [0.2, 0.25) is 5.91 Å². The van der Waals surface area contributed by atoms with E-state index in [9.17, 15) is 9.18 Å². The average Bonchev–Trinajstić information content (AvgIpc) is 2.89. The van der Waals surface area contributed by atoms with Gasteiger partial charge >= 0.3 is 0 Å². The topological polar surface area (TPSA) is 69.0 Å². The fraction of sp³-hybridized carbons (Fsp3) is 0.400. The van der Waals surface area contributed by atoms with Crippen molar-refractivity contribution in [1.29, 1.82) is 0 Å². The van der Waals surface area contributed by atoms with Gasteiger partial charge < -0.3 is 14.6 Å². The molecule has 1 atom stereocenters. The SMILES string of the molecule is COCCNC(=O)[C@H](C)Sc1nnc(-c2ccccc2F)n1C. The van der Waals surface area contributed by atoms with Crippen molar-refractivity contribution in [2.24, 2.45) is 7.05 Å². The fourth-order valence-corrected chi connectivity index (χ4v) is 2.77. The molecule has 0 saturated heterocycles. The summed E-state index contributed by atoms with van der Waals surface area (Å²) in [6.07, 6.45) is 0. The molecule has 0 aliphatic rings. The number of hydrogen-bond acceptors (Lipinski definition) is 5. The van der Waals surface area contributed by atoms with E-state index in [1.54, 1.807) is 43.8 Å². The smallest absolute Gasteiger partial charge is 0.233 e. The lowest BCUT2D eigenvalue weighted by Crippen LogP contribution is -2.33. The van der Waals surface area contributed by atoms with Crippen molar-refractivity contribution in [3.05, 3.63) is 30.1 Å². The Morgan fingerprint density at radius 2 is 2.17 bits per heavy atom. The molecule has 8 heteroatoms. The number of ether oxygens (including phenoxy) is 1. The number of hydrogen-bond donors (Lipinski definition) is 1. The number of nitrogens with one attached hydrogen (secondary N) is 1. The molecule has 0 saturated carbocycles. The fourth-order valence-electron chi connectivity index (χ4n) is 1.93. The number of nitrogens with zero attached hydrogens (tertiary/aromatic N) is 3. The van der Waals surface area contributed by atoms with Gasteiger partial charge in [-0.05, 0) is 19.1 Å². The van der Waals surface area contributed by atoms with Gasteiger partial charge in [0.05, 0.1) is 17.4 Å². The van der Waals surface area contributed by atoms with Crippen LogP contribution >= 0.6 is 11.8 Å². The highest BCUT2D eigenvalue weighted by atomic mass is 32.2. The minimum atomic E-state index is -0.357. The summed E-state index contributed by atoms with van der Waals surface area (Å²) in [5.41, 5.74) is 0.381. The largest absolute Gasteiger partial charge is 0.383 e. The standard InChI is InChI=1S/C15H19FN4O2S/c1-10(14(21)17-8-9-22-3)23-15-19-18-13(20(15)2)11-6-4-5-7-12(11)16/h4-7,10H,8-9H2,1-3H3,(H,17,21)/t10-/m0/s1. The van der Waals surface area contributed by atoms with Crippen LogP contribution in [0, 0.1) is 5.82 Å². The van der Waals surface area contributed by atoms with Crippen molar-refractivity contribution < 1.29 is 13.9 Å². The molecule has 1 amide bonds. The number of amides is 1. The summed E-state index contributed by atoms with van der Waals surface area (Å²) in [5, 5.41) is 11.1. The Morgan fingerprint density at radius 1 is 1.43 bits per heavy atom. The highest BCUT2D eigenvalue weighted by Crippen LogP contribution is 2.26. The first-order valence-corrected chi connectivity index (χ1v) is 8.00. The molecule has 2 aromatic rings. The van der Waals surface area contributed by atoms with Gasteiger partial charge in [0.15, 0.2) is 11.0 Å². The molecule has 0 aliphatic carbocycles. The number of rotatable bonds is 7. The van der Waals surface area contributed by atoms with Crippen LogP contribution in [0.25, 0.3) is 11.4 Å². The molecule has 2 rings (SSSR count). The molecular formula is C15H19FN4O2S. The lowest BCUT2D eigenvalue weighted by molar-refractivity contribution is -0.120. The molecular weight excluding hydrogens is 319 g/mol. The number of methoxy groups -OCH3 is 1. The Hall–Kier alpha value is -1.93. The molecule has 1 aromatic heterocycles. The zero-order chi connectivity index (χ0) is 16.8. The predicted molar refractivity (Wildman–Crippen MR) is 86.6 cm³/mol. The Morgan fingerprint density at radius 3 is 2.87 bits per heavy atom. The maximum absolute atomic E-state index is 13.9. The van der Waals surface area contributed by atoms with Crippen molar-refractivity contribution in [2.45, 2.75) is 17.3 Å². The number of benzene rings is 1. The van der Waals surface area contributed by atoms with Crippen LogP contribution in [0.5, 0.6) is 0 Å². The highest BCUT2D eigenvalue weighted by Gasteiger charge is 2.20.